The third-order valence-corrected chi connectivity index (χ3v) is 4.98. The van der Waals surface area contributed by atoms with E-state index in [9.17, 15) is 9.18 Å². The van der Waals surface area contributed by atoms with Gasteiger partial charge in [0.2, 0.25) is 0 Å². The molecule has 0 saturated carbocycles. The quantitative estimate of drug-likeness (QED) is 0.740. The Bertz CT molecular complexity index is 906. The van der Waals surface area contributed by atoms with Gasteiger partial charge >= 0.3 is 0 Å². The fourth-order valence-electron chi connectivity index (χ4n) is 3.38. The number of piperidine rings is 1. The Morgan fingerprint density at radius 3 is 2.92 bits per heavy atom. The first-order valence-electron chi connectivity index (χ1n) is 8.31. The molecule has 4 nitrogen and oxygen atoms in total. The second kappa shape index (κ2) is 6.48. The summed E-state index contributed by atoms with van der Waals surface area (Å²) >= 11 is 6.04. The van der Waals surface area contributed by atoms with Gasteiger partial charge in [0.25, 0.3) is 5.91 Å². The van der Waals surface area contributed by atoms with E-state index in [0.29, 0.717) is 18.7 Å². The van der Waals surface area contributed by atoms with Crippen LogP contribution < -0.4 is 0 Å². The van der Waals surface area contributed by atoms with Crippen molar-refractivity contribution in [1.29, 1.82) is 0 Å². The fraction of sp³-hybridized carbons (Fsp3) is 0.263. The molecule has 3 aromatic rings. The van der Waals surface area contributed by atoms with E-state index in [4.69, 9.17) is 11.6 Å². The van der Waals surface area contributed by atoms with E-state index < -0.39 is 5.82 Å². The van der Waals surface area contributed by atoms with Crippen molar-refractivity contribution in [2.45, 2.75) is 18.8 Å². The number of aromatic nitrogens is 2. The van der Waals surface area contributed by atoms with Gasteiger partial charge in [-0.25, -0.2) is 9.37 Å². The minimum atomic E-state index is -0.444. The lowest BCUT2D eigenvalue weighted by molar-refractivity contribution is 0.0705. The van der Waals surface area contributed by atoms with Crippen LogP contribution in [0.3, 0.4) is 0 Å². The molecule has 2 heterocycles. The van der Waals surface area contributed by atoms with Gasteiger partial charge in [0, 0.05) is 19.0 Å². The Morgan fingerprint density at radius 2 is 2.12 bits per heavy atom. The van der Waals surface area contributed by atoms with E-state index in [1.807, 2.05) is 24.3 Å². The molecule has 25 heavy (non-hydrogen) atoms. The number of hydrogen-bond acceptors (Lipinski definition) is 2. The lowest BCUT2D eigenvalue weighted by Gasteiger charge is -2.32. The fourth-order valence-corrected chi connectivity index (χ4v) is 3.63. The van der Waals surface area contributed by atoms with Gasteiger partial charge in [-0.05, 0) is 43.2 Å². The van der Waals surface area contributed by atoms with Crippen molar-refractivity contribution in [3.8, 4) is 0 Å². The van der Waals surface area contributed by atoms with Crippen LogP contribution in [-0.4, -0.2) is 33.9 Å². The minimum absolute atomic E-state index is 0.149. The number of fused-ring (bicyclic) bond motifs is 1. The maximum atomic E-state index is 13.2. The molecule has 1 amide bonds. The number of benzene rings is 2. The Labute approximate surface area is 149 Å². The molecule has 1 fully saturated rings. The van der Waals surface area contributed by atoms with E-state index in [2.05, 4.69) is 9.97 Å². The molecule has 128 valence electrons. The molecule has 0 aliphatic carbocycles. The molecular weight excluding hydrogens is 341 g/mol. The summed E-state index contributed by atoms with van der Waals surface area (Å²) in [7, 11) is 0. The smallest absolute Gasteiger partial charge is 0.255 e. The molecule has 1 saturated heterocycles. The van der Waals surface area contributed by atoms with E-state index in [0.717, 1.165) is 29.7 Å². The summed E-state index contributed by atoms with van der Waals surface area (Å²) in [6, 6.07) is 11.8. The highest BCUT2D eigenvalue weighted by molar-refractivity contribution is 6.33. The highest BCUT2D eigenvalue weighted by atomic mass is 35.5. The second-order valence-corrected chi connectivity index (χ2v) is 6.76. The maximum absolute atomic E-state index is 13.2. The number of amides is 1. The van der Waals surface area contributed by atoms with Gasteiger partial charge in [-0.3, -0.25) is 4.79 Å². The molecular formula is C19H17ClFN3O. The average Bonchev–Trinajstić information content (AvgIpc) is 3.05. The van der Waals surface area contributed by atoms with E-state index in [1.165, 1.54) is 18.2 Å². The van der Waals surface area contributed by atoms with Crippen LogP contribution in [0.15, 0.2) is 42.5 Å². The van der Waals surface area contributed by atoms with Gasteiger partial charge < -0.3 is 9.88 Å². The predicted octanol–water partition coefficient (Wildman–Crippen LogP) is 4.38. The van der Waals surface area contributed by atoms with Crippen molar-refractivity contribution in [1.82, 2.24) is 14.9 Å². The van der Waals surface area contributed by atoms with Crippen molar-refractivity contribution in [2.24, 2.45) is 0 Å². The molecule has 0 radical (unpaired) electrons. The Kier molecular flexibility index (Phi) is 4.17. The first kappa shape index (κ1) is 16.1. The summed E-state index contributed by atoms with van der Waals surface area (Å²) in [5.41, 5.74) is 2.28. The summed E-state index contributed by atoms with van der Waals surface area (Å²) < 4.78 is 13.2. The Hall–Kier alpha value is -2.40. The van der Waals surface area contributed by atoms with Gasteiger partial charge in [0.1, 0.15) is 11.6 Å². The summed E-state index contributed by atoms with van der Waals surface area (Å²) in [5.74, 6) is 0.458. The monoisotopic (exact) mass is 357 g/mol. The zero-order valence-electron chi connectivity index (χ0n) is 13.5. The number of carbonyl (C=O) groups excluding carboxylic acids is 1. The molecule has 6 heteroatoms. The number of carbonyl (C=O) groups is 1. The van der Waals surface area contributed by atoms with Crippen LogP contribution in [0.1, 0.15) is 34.9 Å². The van der Waals surface area contributed by atoms with Crippen LogP contribution in [0.5, 0.6) is 0 Å². The van der Waals surface area contributed by atoms with Gasteiger partial charge in [-0.15, -0.1) is 0 Å². The number of imidazole rings is 1. The molecule has 0 spiro atoms. The third kappa shape index (κ3) is 3.12. The number of H-pyrrole nitrogens is 1. The van der Waals surface area contributed by atoms with Crippen molar-refractivity contribution >= 4 is 28.5 Å². The highest BCUT2D eigenvalue weighted by Gasteiger charge is 2.28. The van der Waals surface area contributed by atoms with E-state index in [-0.39, 0.29) is 16.8 Å². The van der Waals surface area contributed by atoms with Crippen LogP contribution in [0.25, 0.3) is 11.0 Å². The number of hydrogen-bond donors (Lipinski definition) is 1. The molecule has 1 aromatic heterocycles. The van der Waals surface area contributed by atoms with Crippen LogP contribution >= 0.6 is 11.6 Å². The van der Waals surface area contributed by atoms with Crippen LogP contribution in [0.2, 0.25) is 5.02 Å². The van der Waals surface area contributed by atoms with Crippen molar-refractivity contribution < 1.29 is 9.18 Å². The zero-order valence-corrected chi connectivity index (χ0v) is 14.3. The maximum Gasteiger partial charge on any atom is 0.255 e. The molecule has 4 rings (SSSR count). The number of likely N-dealkylation sites (tertiary alicyclic amines) is 1. The lowest BCUT2D eigenvalue weighted by Crippen LogP contribution is -2.39. The van der Waals surface area contributed by atoms with Gasteiger partial charge in [-0.2, -0.15) is 0 Å². The molecule has 0 bridgehead atoms. The first-order valence-corrected chi connectivity index (χ1v) is 8.68. The van der Waals surface area contributed by atoms with Gasteiger partial charge in [0.15, 0.2) is 0 Å². The number of rotatable bonds is 2. The highest BCUT2D eigenvalue weighted by Crippen LogP contribution is 2.28. The van der Waals surface area contributed by atoms with Crippen molar-refractivity contribution in [3.05, 3.63) is 64.7 Å². The number of para-hydroxylation sites is 2. The summed E-state index contributed by atoms with van der Waals surface area (Å²) in [6.45, 7) is 1.25. The Balaban J connectivity index is 1.57. The molecule has 1 aliphatic heterocycles. The molecule has 1 aliphatic rings. The normalized spacial score (nSPS) is 17.8. The molecule has 1 atom stereocenters. The number of aromatic amines is 1. The second-order valence-electron chi connectivity index (χ2n) is 6.35. The predicted molar refractivity (Wildman–Crippen MR) is 95.4 cm³/mol. The van der Waals surface area contributed by atoms with Crippen LogP contribution in [0.4, 0.5) is 4.39 Å². The zero-order chi connectivity index (χ0) is 17.4. The minimum Gasteiger partial charge on any atom is -0.342 e. The van der Waals surface area contributed by atoms with Gasteiger partial charge in [0.05, 0.1) is 21.6 Å². The largest absolute Gasteiger partial charge is 0.342 e. The molecule has 2 aromatic carbocycles. The van der Waals surface area contributed by atoms with Crippen LogP contribution in [-0.2, 0) is 0 Å². The molecule has 0 unspecified atom stereocenters. The van der Waals surface area contributed by atoms with E-state index in [1.54, 1.807) is 4.90 Å². The Morgan fingerprint density at radius 1 is 1.28 bits per heavy atom. The third-order valence-electron chi connectivity index (χ3n) is 4.66. The summed E-state index contributed by atoms with van der Waals surface area (Å²) in [6.07, 6.45) is 1.87. The van der Waals surface area contributed by atoms with Crippen LogP contribution in [0, 0.1) is 5.82 Å². The summed E-state index contributed by atoms with van der Waals surface area (Å²) in [5, 5.41) is 0.149. The lowest BCUT2D eigenvalue weighted by atomic mass is 9.96. The number of nitrogens with one attached hydrogen (secondary N) is 1. The SMILES string of the molecule is O=C(c1ccc(F)cc1Cl)N1CCC[C@H](c2nc3ccccc3[nH]2)C1. The topological polar surface area (TPSA) is 49.0 Å². The van der Waals surface area contributed by atoms with Crippen molar-refractivity contribution in [2.75, 3.05) is 13.1 Å². The van der Waals surface area contributed by atoms with Crippen molar-refractivity contribution in [3.63, 3.8) is 0 Å². The van der Waals surface area contributed by atoms with Gasteiger partial charge in [-0.1, -0.05) is 23.7 Å². The number of halogens is 2. The average molecular weight is 358 g/mol. The summed E-state index contributed by atoms with van der Waals surface area (Å²) in [4.78, 5) is 22.6. The van der Waals surface area contributed by atoms with E-state index >= 15 is 0 Å². The first-order chi connectivity index (χ1) is 12.1. The molecule has 1 N–H and O–H groups in total. The number of nitrogens with zero attached hydrogens (tertiary/aromatic N) is 2. The standard InChI is InChI=1S/C19H17ClFN3O/c20-15-10-13(21)7-8-14(15)19(25)24-9-3-4-12(11-24)18-22-16-5-1-2-6-17(16)23-18/h1-2,5-8,10,12H,3-4,9,11H2,(H,22,23)/t12-/m0/s1.